The fourth-order valence-corrected chi connectivity index (χ4v) is 4.34. The van der Waals surface area contributed by atoms with Gasteiger partial charge in [0.05, 0.1) is 4.90 Å². The monoisotopic (exact) mass is 325 g/mol. The lowest BCUT2D eigenvalue weighted by molar-refractivity contribution is 0.0702. The Morgan fingerprint density at radius 3 is 2.57 bits per heavy atom. The molecule has 5 nitrogen and oxygen atoms in total. The fraction of sp³-hybridized carbons (Fsp3) is 0.214. The van der Waals surface area contributed by atoms with Gasteiger partial charge >= 0.3 is 5.97 Å². The maximum absolute atomic E-state index is 12.3. The van der Waals surface area contributed by atoms with Crippen LogP contribution in [-0.4, -0.2) is 19.5 Å². The molecule has 0 radical (unpaired) electrons. The molecule has 0 fully saturated rings. The van der Waals surface area contributed by atoms with Crippen LogP contribution in [-0.2, 0) is 10.0 Å². The number of hydrogen-bond acceptors (Lipinski definition) is 4. The van der Waals surface area contributed by atoms with E-state index in [1.807, 2.05) is 31.2 Å². The summed E-state index contributed by atoms with van der Waals surface area (Å²) in [7, 11) is -3.74. The van der Waals surface area contributed by atoms with Crippen LogP contribution in [0.2, 0.25) is 0 Å². The van der Waals surface area contributed by atoms with Crippen LogP contribution < -0.4 is 4.72 Å². The molecule has 0 aliphatic carbocycles. The highest BCUT2D eigenvalue weighted by molar-refractivity contribution is 7.89. The van der Waals surface area contributed by atoms with Crippen molar-refractivity contribution in [2.75, 3.05) is 0 Å². The predicted octanol–water partition coefficient (Wildman–Crippen LogP) is 2.79. The summed E-state index contributed by atoms with van der Waals surface area (Å²) in [5.74, 6) is -1.13. The second-order valence-corrected chi connectivity index (χ2v) is 7.28. The molecule has 112 valence electrons. The summed E-state index contributed by atoms with van der Waals surface area (Å²) >= 11 is 0.892. The highest BCUT2D eigenvalue weighted by Gasteiger charge is 2.21. The summed E-state index contributed by atoms with van der Waals surface area (Å²) in [5, 5.41) is 10.2. The van der Waals surface area contributed by atoms with Crippen molar-refractivity contribution in [3.05, 3.63) is 51.7 Å². The number of hydrogen-bond donors (Lipinski definition) is 2. The van der Waals surface area contributed by atoms with Gasteiger partial charge in [-0.15, -0.1) is 11.3 Å². The standard InChI is InChI=1S/C14H15NO4S2/c1-9-5-3-4-6-12(9)10(2)15-21(18,19)11-7-13(14(16)17)20-8-11/h3-8,10,15H,1-2H3,(H,16,17)/t10-/m1/s1. The molecule has 2 N–H and O–H groups in total. The topological polar surface area (TPSA) is 83.5 Å². The van der Waals surface area contributed by atoms with Crippen molar-refractivity contribution in [1.29, 1.82) is 0 Å². The van der Waals surface area contributed by atoms with Crippen LogP contribution in [0.3, 0.4) is 0 Å². The van der Waals surface area contributed by atoms with Gasteiger partial charge in [-0.25, -0.2) is 17.9 Å². The molecule has 0 spiro atoms. The fourth-order valence-electron chi connectivity index (χ4n) is 2.01. The lowest BCUT2D eigenvalue weighted by Crippen LogP contribution is -2.27. The number of nitrogens with one attached hydrogen (secondary N) is 1. The van der Waals surface area contributed by atoms with Gasteiger partial charge in [0.15, 0.2) is 0 Å². The lowest BCUT2D eigenvalue weighted by atomic mass is 10.0. The molecule has 0 bridgehead atoms. The molecule has 7 heteroatoms. The first-order valence-electron chi connectivity index (χ1n) is 6.21. The maximum Gasteiger partial charge on any atom is 0.345 e. The first-order valence-corrected chi connectivity index (χ1v) is 8.57. The molecule has 0 saturated carbocycles. The third-order valence-electron chi connectivity index (χ3n) is 3.08. The third kappa shape index (κ3) is 3.49. The molecular formula is C14H15NO4S2. The van der Waals surface area contributed by atoms with Crippen molar-refractivity contribution < 1.29 is 18.3 Å². The van der Waals surface area contributed by atoms with Crippen LogP contribution in [0.4, 0.5) is 0 Å². The molecule has 1 aromatic heterocycles. The average molecular weight is 325 g/mol. The van der Waals surface area contributed by atoms with Crippen LogP contribution in [0, 0.1) is 6.92 Å². The normalized spacial score (nSPS) is 13.0. The molecular weight excluding hydrogens is 310 g/mol. The Morgan fingerprint density at radius 1 is 1.33 bits per heavy atom. The summed E-state index contributed by atoms with van der Waals surface area (Å²) in [4.78, 5) is 10.8. The Morgan fingerprint density at radius 2 is 2.00 bits per heavy atom. The van der Waals surface area contributed by atoms with Gasteiger partial charge in [-0.3, -0.25) is 0 Å². The van der Waals surface area contributed by atoms with Crippen molar-refractivity contribution in [2.24, 2.45) is 0 Å². The highest BCUT2D eigenvalue weighted by atomic mass is 32.2. The molecule has 0 aliphatic heterocycles. The SMILES string of the molecule is Cc1ccccc1[C@@H](C)NS(=O)(=O)c1csc(C(=O)O)c1. The zero-order valence-corrected chi connectivity index (χ0v) is 13.2. The summed E-state index contributed by atoms with van der Waals surface area (Å²) in [5.41, 5.74) is 1.87. The molecule has 1 aromatic carbocycles. The minimum atomic E-state index is -3.74. The zero-order chi connectivity index (χ0) is 15.6. The Kier molecular flexibility index (Phi) is 4.46. The van der Waals surface area contributed by atoms with Crippen molar-refractivity contribution >= 4 is 27.3 Å². The van der Waals surface area contributed by atoms with Gasteiger partial charge in [-0.1, -0.05) is 24.3 Å². The Hall–Kier alpha value is -1.70. The van der Waals surface area contributed by atoms with Gasteiger partial charge in [0.2, 0.25) is 10.0 Å². The van der Waals surface area contributed by atoms with Crippen molar-refractivity contribution in [2.45, 2.75) is 24.8 Å². The number of benzene rings is 1. The van der Waals surface area contributed by atoms with Crippen LogP contribution in [0.15, 0.2) is 40.6 Å². The molecule has 2 aromatic rings. The van der Waals surface area contributed by atoms with E-state index in [1.165, 1.54) is 11.4 Å². The van der Waals surface area contributed by atoms with Crippen molar-refractivity contribution in [1.82, 2.24) is 4.72 Å². The van der Waals surface area contributed by atoms with Crippen LogP contribution >= 0.6 is 11.3 Å². The van der Waals surface area contributed by atoms with E-state index in [9.17, 15) is 13.2 Å². The molecule has 21 heavy (non-hydrogen) atoms. The van der Waals surface area contributed by atoms with E-state index in [1.54, 1.807) is 6.92 Å². The summed E-state index contributed by atoms with van der Waals surface area (Å²) < 4.78 is 27.1. The number of sulfonamides is 1. The number of thiophene rings is 1. The van der Waals surface area contributed by atoms with E-state index in [4.69, 9.17) is 5.11 Å². The molecule has 0 saturated heterocycles. The van der Waals surface area contributed by atoms with Gasteiger partial charge in [0.1, 0.15) is 4.88 Å². The Bertz CT molecular complexity index is 765. The van der Waals surface area contributed by atoms with E-state index in [2.05, 4.69) is 4.72 Å². The van der Waals surface area contributed by atoms with Gasteiger partial charge in [-0.05, 0) is 31.0 Å². The molecule has 1 heterocycles. The molecule has 2 rings (SSSR count). The van der Waals surface area contributed by atoms with E-state index in [0.717, 1.165) is 22.5 Å². The van der Waals surface area contributed by atoms with E-state index >= 15 is 0 Å². The number of aromatic carboxylic acids is 1. The van der Waals surface area contributed by atoms with Crippen LogP contribution in [0.1, 0.15) is 33.8 Å². The molecule has 0 unspecified atom stereocenters. The Balaban J connectivity index is 2.24. The van der Waals surface area contributed by atoms with Gasteiger partial charge in [-0.2, -0.15) is 0 Å². The number of carbonyl (C=O) groups is 1. The van der Waals surface area contributed by atoms with Gasteiger partial charge < -0.3 is 5.11 Å². The molecule has 1 atom stereocenters. The predicted molar refractivity (Wildman–Crippen MR) is 81.2 cm³/mol. The number of carboxylic acids is 1. The minimum absolute atomic E-state index is 0.00100. The second kappa shape index (κ2) is 5.97. The van der Waals surface area contributed by atoms with Crippen molar-refractivity contribution in [3.63, 3.8) is 0 Å². The van der Waals surface area contributed by atoms with Gasteiger partial charge in [0, 0.05) is 11.4 Å². The smallest absolute Gasteiger partial charge is 0.345 e. The largest absolute Gasteiger partial charge is 0.477 e. The van der Waals surface area contributed by atoms with Crippen LogP contribution in [0.25, 0.3) is 0 Å². The maximum atomic E-state index is 12.3. The van der Waals surface area contributed by atoms with E-state index in [-0.39, 0.29) is 9.77 Å². The number of aryl methyl sites for hydroxylation is 1. The van der Waals surface area contributed by atoms with Gasteiger partial charge in [0.25, 0.3) is 0 Å². The van der Waals surface area contributed by atoms with Crippen LogP contribution in [0.5, 0.6) is 0 Å². The number of carboxylic acid groups (broad SMARTS) is 1. The summed E-state index contributed by atoms with van der Waals surface area (Å²) in [6.45, 7) is 3.66. The lowest BCUT2D eigenvalue weighted by Gasteiger charge is -2.16. The molecule has 0 amide bonds. The highest BCUT2D eigenvalue weighted by Crippen LogP contribution is 2.23. The first-order chi connectivity index (χ1) is 9.81. The zero-order valence-electron chi connectivity index (χ0n) is 11.5. The quantitative estimate of drug-likeness (QED) is 0.885. The van der Waals surface area contributed by atoms with Crippen molar-refractivity contribution in [3.8, 4) is 0 Å². The average Bonchev–Trinajstić information content (AvgIpc) is 2.89. The third-order valence-corrected chi connectivity index (χ3v) is 5.67. The molecule has 0 aliphatic rings. The van der Waals surface area contributed by atoms with E-state index < -0.39 is 22.0 Å². The summed E-state index contributed by atoms with van der Waals surface area (Å²) in [6, 6.07) is 8.27. The summed E-state index contributed by atoms with van der Waals surface area (Å²) in [6.07, 6.45) is 0. The first kappa shape index (κ1) is 15.7. The van der Waals surface area contributed by atoms with E-state index in [0.29, 0.717) is 0 Å². The second-order valence-electron chi connectivity index (χ2n) is 4.65. The minimum Gasteiger partial charge on any atom is -0.477 e. The Labute approximate surface area is 127 Å². The number of rotatable bonds is 5.